The van der Waals surface area contributed by atoms with Crippen molar-refractivity contribution in [3.63, 3.8) is 0 Å². The van der Waals surface area contributed by atoms with E-state index < -0.39 is 17.2 Å². The lowest BCUT2D eigenvalue weighted by Gasteiger charge is -2.13. The summed E-state index contributed by atoms with van der Waals surface area (Å²) >= 11 is 1.12. The lowest BCUT2D eigenvalue weighted by molar-refractivity contribution is -0.113. The monoisotopic (exact) mass is 487 g/mol. The van der Waals surface area contributed by atoms with Gasteiger partial charge in [0.25, 0.3) is 5.56 Å². The van der Waals surface area contributed by atoms with Crippen molar-refractivity contribution in [2.75, 3.05) is 11.1 Å². The van der Waals surface area contributed by atoms with Crippen molar-refractivity contribution >= 4 is 45.6 Å². The molecule has 2 N–H and O–H groups in total. The molecule has 0 unspecified atom stereocenters. The molecule has 10 nitrogen and oxygen atoms in total. The van der Waals surface area contributed by atoms with Gasteiger partial charge in [-0.1, -0.05) is 60.3 Å². The highest BCUT2D eigenvalue weighted by Gasteiger charge is 2.15. The number of nitrogens with zero attached hydrogens (tertiary/aromatic N) is 5. The number of fused-ring (bicyclic) bond motifs is 3. The molecule has 0 aliphatic rings. The predicted octanol–water partition coefficient (Wildman–Crippen LogP) is 2.34. The molecule has 0 saturated carbocycles. The topological polar surface area (TPSA) is 128 Å². The molecule has 35 heavy (non-hydrogen) atoms. The number of nitrogens with one attached hydrogen (secondary N) is 2. The van der Waals surface area contributed by atoms with Crippen LogP contribution in [0.25, 0.3) is 22.1 Å². The Morgan fingerprint density at radius 1 is 1.06 bits per heavy atom. The van der Waals surface area contributed by atoms with Gasteiger partial charge in [0.1, 0.15) is 11.3 Å². The normalized spacial score (nSPS) is 11.2. The Morgan fingerprint density at radius 3 is 2.66 bits per heavy atom. The molecule has 0 radical (unpaired) electrons. The van der Waals surface area contributed by atoms with E-state index in [1.54, 1.807) is 0 Å². The van der Waals surface area contributed by atoms with E-state index in [4.69, 9.17) is 0 Å². The smallest absolute Gasteiger partial charge is 0.327 e. The van der Waals surface area contributed by atoms with E-state index in [2.05, 4.69) is 25.5 Å². The van der Waals surface area contributed by atoms with Gasteiger partial charge in [0.05, 0.1) is 11.3 Å². The molecule has 5 aromatic rings. The summed E-state index contributed by atoms with van der Waals surface area (Å²) in [5.41, 5.74) is 2.24. The Kier molecular flexibility index (Phi) is 6.15. The van der Waals surface area contributed by atoms with Crippen LogP contribution in [-0.2, 0) is 24.8 Å². The number of carbonyl (C=O) groups is 1. The van der Waals surface area contributed by atoms with Gasteiger partial charge in [0.15, 0.2) is 5.65 Å². The number of hydrogen-bond acceptors (Lipinski definition) is 7. The standard InChI is InChI=1S/C24H21N7O3S/c1-30-17-10-6-5-9-16(17)21-22(30)27-23(29-28-21)35-14-20(33)25-18-13-19(32)26-24(34)31(18)12-11-15-7-3-2-4-8-15/h2-10,13H,11-12,14H2,1H3,(H,25,33)(H,26,32,34). The summed E-state index contributed by atoms with van der Waals surface area (Å²) in [5.74, 6) is -0.269. The number of aromatic nitrogens is 6. The lowest BCUT2D eigenvalue weighted by atomic mass is 10.1. The number of para-hydroxylation sites is 1. The number of aromatic amines is 1. The number of carbonyl (C=O) groups excluding carboxylic acids is 1. The molecule has 176 valence electrons. The SMILES string of the molecule is Cn1c2ccccc2c2nnc(SCC(=O)Nc3cc(=O)[nH]c(=O)n3CCc3ccccc3)nc21. The molecule has 0 aliphatic carbocycles. The fourth-order valence-electron chi connectivity index (χ4n) is 3.89. The summed E-state index contributed by atoms with van der Waals surface area (Å²) in [6.45, 7) is 0.299. The van der Waals surface area contributed by atoms with Crippen LogP contribution in [0.2, 0.25) is 0 Å². The van der Waals surface area contributed by atoms with Crippen molar-refractivity contribution < 1.29 is 4.79 Å². The Bertz CT molecular complexity index is 1660. The van der Waals surface area contributed by atoms with E-state index in [9.17, 15) is 14.4 Å². The number of aryl methyl sites for hydroxylation is 2. The van der Waals surface area contributed by atoms with E-state index in [1.165, 1.54) is 10.6 Å². The minimum atomic E-state index is -0.581. The average Bonchev–Trinajstić information content (AvgIpc) is 3.14. The van der Waals surface area contributed by atoms with Crippen LogP contribution in [-0.4, -0.2) is 41.0 Å². The Labute approximate surface area is 203 Å². The molecule has 0 aliphatic heterocycles. The first kappa shape index (κ1) is 22.5. The van der Waals surface area contributed by atoms with Crippen molar-refractivity contribution in [2.24, 2.45) is 7.05 Å². The van der Waals surface area contributed by atoms with Crippen LogP contribution in [0.3, 0.4) is 0 Å². The van der Waals surface area contributed by atoms with Crippen molar-refractivity contribution in [2.45, 2.75) is 18.1 Å². The van der Waals surface area contributed by atoms with E-state index in [1.807, 2.05) is 66.2 Å². The van der Waals surface area contributed by atoms with Gasteiger partial charge < -0.3 is 9.88 Å². The highest BCUT2D eigenvalue weighted by atomic mass is 32.2. The molecule has 11 heteroatoms. The zero-order valence-electron chi connectivity index (χ0n) is 18.8. The fourth-order valence-corrected chi connectivity index (χ4v) is 4.48. The maximum Gasteiger partial charge on any atom is 0.329 e. The first-order chi connectivity index (χ1) is 17.0. The van der Waals surface area contributed by atoms with Crippen LogP contribution < -0.4 is 16.6 Å². The zero-order chi connectivity index (χ0) is 24.4. The van der Waals surface area contributed by atoms with E-state index >= 15 is 0 Å². The van der Waals surface area contributed by atoms with Gasteiger partial charge in [0, 0.05) is 25.0 Å². The highest BCUT2D eigenvalue weighted by molar-refractivity contribution is 7.99. The van der Waals surface area contributed by atoms with Gasteiger partial charge in [-0.25, -0.2) is 9.78 Å². The van der Waals surface area contributed by atoms with Crippen molar-refractivity contribution in [3.8, 4) is 0 Å². The van der Waals surface area contributed by atoms with Crippen LogP contribution in [0.15, 0.2) is 75.4 Å². The molecule has 3 aromatic heterocycles. The third-order valence-corrected chi connectivity index (χ3v) is 6.43. The number of thioether (sulfide) groups is 1. The van der Waals surface area contributed by atoms with Crippen LogP contribution in [0.1, 0.15) is 5.56 Å². The predicted molar refractivity (Wildman–Crippen MR) is 135 cm³/mol. The quantitative estimate of drug-likeness (QED) is 0.337. The van der Waals surface area contributed by atoms with Crippen molar-refractivity contribution in [1.29, 1.82) is 0 Å². The Morgan fingerprint density at radius 2 is 1.83 bits per heavy atom. The summed E-state index contributed by atoms with van der Waals surface area (Å²) in [4.78, 5) is 43.7. The Hall–Kier alpha value is -4.25. The summed E-state index contributed by atoms with van der Waals surface area (Å²) < 4.78 is 3.28. The van der Waals surface area contributed by atoms with Gasteiger partial charge in [-0.15, -0.1) is 10.2 Å². The molecule has 0 saturated heterocycles. The zero-order valence-corrected chi connectivity index (χ0v) is 19.6. The molecule has 0 bridgehead atoms. The second kappa shape index (κ2) is 9.55. The first-order valence-electron chi connectivity index (χ1n) is 10.9. The number of rotatable bonds is 7. The highest BCUT2D eigenvalue weighted by Crippen LogP contribution is 2.25. The van der Waals surface area contributed by atoms with Gasteiger partial charge in [-0.05, 0) is 18.1 Å². The molecule has 3 heterocycles. The molecular weight excluding hydrogens is 466 g/mol. The van der Waals surface area contributed by atoms with Crippen LogP contribution >= 0.6 is 11.8 Å². The van der Waals surface area contributed by atoms with Gasteiger partial charge in [-0.2, -0.15) is 0 Å². The average molecular weight is 488 g/mol. The van der Waals surface area contributed by atoms with E-state index in [-0.39, 0.29) is 11.6 Å². The fraction of sp³-hybridized carbons (Fsp3) is 0.167. The first-order valence-corrected chi connectivity index (χ1v) is 11.9. The van der Waals surface area contributed by atoms with E-state index in [0.29, 0.717) is 29.3 Å². The summed E-state index contributed by atoms with van der Waals surface area (Å²) in [6, 6.07) is 18.7. The van der Waals surface area contributed by atoms with E-state index in [0.717, 1.165) is 28.2 Å². The molecule has 2 aromatic carbocycles. The second-order valence-electron chi connectivity index (χ2n) is 7.89. The van der Waals surface area contributed by atoms with Crippen LogP contribution in [0, 0.1) is 0 Å². The summed E-state index contributed by atoms with van der Waals surface area (Å²) in [6.07, 6.45) is 0.564. The third kappa shape index (κ3) is 4.71. The molecule has 0 fully saturated rings. The Balaban J connectivity index is 1.31. The lowest BCUT2D eigenvalue weighted by Crippen LogP contribution is -2.33. The number of amides is 1. The maximum atomic E-state index is 12.7. The van der Waals surface area contributed by atoms with Crippen LogP contribution in [0.4, 0.5) is 5.82 Å². The molecule has 0 atom stereocenters. The number of H-pyrrole nitrogens is 1. The minimum absolute atomic E-state index is 0.0171. The number of hydrogen-bond donors (Lipinski definition) is 2. The minimum Gasteiger partial charge on any atom is -0.327 e. The summed E-state index contributed by atoms with van der Waals surface area (Å²) in [7, 11) is 1.90. The number of benzene rings is 2. The van der Waals surface area contributed by atoms with Crippen molar-refractivity contribution in [1.82, 2.24) is 29.3 Å². The number of anilines is 1. The molecule has 1 amide bonds. The maximum absolute atomic E-state index is 12.7. The largest absolute Gasteiger partial charge is 0.329 e. The summed E-state index contributed by atoms with van der Waals surface area (Å²) in [5, 5.41) is 12.4. The van der Waals surface area contributed by atoms with Gasteiger partial charge in [-0.3, -0.25) is 19.1 Å². The van der Waals surface area contributed by atoms with Crippen LogP contribution in [0.5, 0.6) is 0 Å². The third-order valence-electron chi connectivity index (χ3n) is 5.59. The second-order valence-corrected chi connectivity index (χ2v) is 8.83. The molecule has 0 spiro atoms. The van der Waals surface area contributed by atoms with Gasteiger partial charge >= 0.3 is 5.69 Å². The molecule has 5 rings (SSSR count). The molecular formula is C24H21N7O3S. The van der Waals surface area contributed by atoms with Crippen molar-refractivity contribution in [3.05, 3.63) is 87.1 Å². The van der Waals surface area contributed by atoms with Gasteiger partial charge in [0.2, 0.25) is 11.1 Å².